The second kappa shape index (κ2) is 5.48. The van der Waals surface area contributed by atoms with Gasteiger partial charge in [-0.25, -0.2) is 0 Å². The van der Waals surface area contributed by atoms with Crippen molar-refractivity contribution in [2.24, 2.45) is 0 Å². The van der Waals surface area contributed by atoms with Crippen LogP contribution in [0.3, 0.4) is 0 Å². The molecule has 3 heteroatoms. The number of nitrogens with one attached hydrogen (secondary N) is 1. The van der Waals surface area contributed by atoms with E-state index in [-0.39, 0.29) is 0 Å². The Morgan fingerprint density at radius 2 is 2.19 bits per heavy atom. The number of hydrogen-bond acceptors (Lipinski definition) is 3. The maximum absolute atomic E-state index is 5.78. The Hall–Kier alpha value is -0.120. The number of morpholine rings is 1. The van der Waals surface area contributed by atoms with Crippen LogP contribution in [0.5, 0.6) is 0 Å². The van der Waals surface area contributed by atoms with Crippen LogP contribution in [-0.2, 0) is 4.74 Å². The van der Waals surface area contributed by atoms with Gasteiger partial charge in [0.15, 0.2) is 0 Å². The first-order valence-corrected chi connectivity index (χ1v) is 6.80. The van der Waals surface area contributed by atoms with E-state index in [1.54, 1.807) is 0 Å². The summed E-state index contributed by atoms with van der Waals surface area (Å²) >= 11 is 0. The van der Waals surface area contributed by atoms with Crippen molar-refractivity contribution in [2.45, 2.75) is 63.8 Å². The molecule has 1 saturated carbocycles. The van der Waals surface area contributed by atoms with Crippen LogP contribution in [0, 0.1) is 0 Å². The molecule has 0 spiro atoms. The first-order valence-electron chi connectivity index (χ1n) is 6.80. The van der Waals surface area contributed by atoms with E-state index >= 15 is 0 Å². The van der Waals surface area contributed by atoms with Gasteiger partial charge in [0.25, 0.3) is 0 Å². The van der Waals surface area contributed by atoms with Crippen molar-refractivity contribution in [2.75, 3.05) is 20.2 Å². The number of hydrogen-bond donors (Lipinski definition) is 1. The van der Waals surface area contributed by atoms with Gasteiger partial charge in [-0.2, -0.15) is 0 Å². The number of rotatable bonds is 3. The highest BCUT2D eigenvalue weighted by molar-refractivity contribution is 4.94. The lowest BCUT2D eigenvalue weighted by atomic mass is 10.0. The Balaban J connectivity index is 2.03. The van der Waals surface area contributed by atoms with Gasteiger partial charge in [0.1, 0.15) is 0 Å². The molecule has 1 N–H and O–H groups in total. The van der Waals surface area contributed by atoms with Crippen LogP contribution in [0.15, 0.2) is 0 Å². The Kier molecular flexibility index (Phi) is 4.22. The summed E-state index contributed by atoms with van der Waals surface area (Å²) in [6, 6.07) is 2.07. The first kappa shape index (κ1) is 12.3. The van der Waals surface area contributed by atoms with Crippen LogP contribution in [0.25, 0.3) is 0 Å². The molecule has 0 aromatic carbocycles. The van der Waals surface area contributed by atoms with Crippen molar-refractivity contribution in [3.63, 3.8) is 0 Å². The lowest BCUT2D eigenvalue weighted by Crippen LogP contribution is -2.57. The number of ether oxygens (including phenoxy) is 1. The van der Waals surface area contributed by atoms with Crippen LogP contribution in [0.1, 0.15) is 39.5 Å². The standard InChI is InChI=1S/C13H26N2O/c1-4-11-9-16-10(2)8-15(11)13-7-5-6-12(13)14-3/h10-14H,4-9H2,1-3H3. The summed E-state index contributed by atoms with van der Waals surface area (Å²) in [5.41, 5.74) is 0. The summed E-state index contributed by atoms with van der Waals surface area (Å²) < 4.78 is 5.78. The second-order valence-corrected chi connectivity index (χ2v) is 5.30. The molecule has 0 aromatic heterocycles. The van der Waals surface area contributed by atoms with Crippen LogP contribution < -0.4 is 5.32 Å². The molecule has 0 bridgehead atoms. The molecule has 2 aliphatic rings. The van der Waals surface area contributed by atoms with Gasteiger partial charge in [0, 0.05) is 24.7 Å². The molecule has 0 amide bonds. The summed E-state index contributed by atoms with van der Waals surface area (Å²) in [6.07, 6.45) is 5.68. The van der Waals surface area contributed by atoms with Crippen LogP contribution in [0.4, 0.5) is 0 Å². The van der Waals surface area contributed by atoms with Gasteiger partial charge in [0.05, 0.1) is 12.7 Å². The summed E-state index contributed by atoms with van der Waals surface area (Å²) in [5, 5.41) is 3.49. The molecule has 94 valence electrons. The molecule has 3 nitrogen and oxygen atoms in total. The van der Waals surface area contributed by atoms with E-state index in [0.29, 0.717) is 18.2 Å². The Labute approximate surface area is 99.5 Å². The summed E-state index contributed by atoms with van der Waals surface area (Å²) in [5.74, 6) is 0. The first-order chi connectivity index (χ1) is 7.76. The molecule has 2 rings (SSSR count). The average molecular weight is 226 g/mol. The van der Waals surface area contributed by atoms with Crippen molar-refractivity contribution in [3.8, 4) is 0 Å². The largest absolute Gasteiger partial charge is 0.376 e. The monoisotopic (exact) mass is 226 g/mol. The number of likely N-dealkylation sites (N-methyl/N-ethyl adjacent to an activating group) is 1. The minimum atomic E-state index is 0.404. The Morgan fingerprint density at radius 1 is 1.38 bits per heavy atom. The third kappa shape index (κ3) is 2.41. The van der Waals surface area contributed by atoms with E-state index in [1.807, 2.05) is 0 Å². The predicted molar refractivity (Wildman–Crippen MR) is 66.7 cm³/mol. The highest BCUT2D eigenvalue weighted by atomic mass is 16.5. The molecule has 2 fully saturated rings. The average Bonchev–Trinajstić information content (AvgIpc) is 2.76. The molecule has 1 aliphatic carbocycles. The molecule has 4 atom stereocenters. The summed E-state index contributed by atoms with van der Waals surface area (Å²) in [6.45, 7) is 6.51. The maximum atomic E-state index is 5.78. The van der Waals surface area contributed by atoms with E-state index in [2.05, 4.69) is 31.1 Å². The van der Waals surface area contributed by atoms with E-state index < -0.39 is 0 Å². The summed E-state index contributed by atoms with van der Waals surface area (Å²) in [4.78, 5) is 2.71. The van der Waals surface area contributed by atoms with Gasteiger partial charge in [-0.05, 0) is 33.2 Å². The van der Waals surface area contributed by atoms with Gasteiger partial charge in [-0.3, -0.25) is 4.90 Å². The van der Waals surface area contributed by atoms with Crippen molar-refractivity contribution >= 4 is 0 Å². The van der Waals surface area contributed by atoms with Crippen LogP contribution >= 0.6 is 0 Å². The van der Waals surface area contributed by atoms with Gasteiger partial charge < -0.3 is 10.1 Å². The quantitative estimate of drug-likeness (QED) is 0.791. The molecule has 1 aliphatic heterocycles. The normalized spacial score (nSPS) is 41.4. The Bertz CT molecular complexity index is 222. The topological polar surface area (TPSA) is 24.5 Å². The van der Waals surface area contributed by atoms with E-state index in [1.165, 1.54) is 25.7 Å². The summed E-state index contributed by atoms with van der Waals surface area (Å²) in [7, 11) is 2.10. The minimum absolute atomic E-state index is 0.404. The fourth-order valence-electron chi connectivity index (χ4n) is 3.30. The lowest BCUT2D eigenvalue weighted by Gasteiger charge is -2.43. The molecule has 0 aromatic rings. The molecule has 1 heterocycles. The van der Waals surface area contributed by atoms with E-state index in [0.717, 1.165) is 19.2 Å². The van der Waals surface area contributed by atoms with Gasteiger partial charge >= 0.3 is 0 Å². The fraction of sp³-hybridized carbons (Fsp3) is 1.00. The van der Waals surface area contributed by atoms with Gasteiger partial charge in [0.2, 0.25) is 0 Å². The highest BCUT2D eigenvalue weighted by Gasteiger charge is 2.37. The predicted octanol–water partition coefficient (Wildman–Crippen LogP) is 1.63. The molecule has 16 heavy (non-hydrogen) atoms. The van der Waals surface area contributed by atoms with Crippen molar-refractivity contribution < 1.29 is 4.74 Å². The third-order valence-corrected chi connectivity index (χ3v) is 4.26. The zero-order chi connectivity index (χ0) is 11.5. The van der Waals surface area contributed by atoms with Crippen molar-refractivity contribution in [1.29, 1.82) is 0 Å². The molecule has 4 unspecified atom stereocenters. The van der Waals surface area contributed by atoms with Crippen LogP contribution in [0.2, 0.25) is 0 Å². The number of nitrogens with zero attached hydrogens (tertiary/aromatic N) is 1. The van der Waals surface area contributed by atoms with Crippen molar-refractivity contribution in [3.05, 3.63) is 0 Å². The fourth-order valence-corrected chi connectivity index (χ4v) is 3.30. The molecular weight excluding hydrogens is 200 g/mol. The second-order valence-electron chi connectivity index (χ2n) is 5.30. The van der Waals surface area contributed by atoms with Gasteiger partial charge in [-0.1, -0.05) is 13.3 Å². The maximum Gasteiger partial charge on any atom is 0.0674 e. The zero-order valence-corrected chi connectivity index (χ0v) is 10.9. The van der Waals surface area contributed by atoms with Gasteiger partial charge in [-0.15, -0.1) is 0 Å². The van der Waals surface area contributed by atoms with E-state index in [4.69, 9.17) is 4.74 Å². The molecular formula is C13H26N2O. The lowest BCUT2D eigenvalue weighted by molar-refractivity contribution is -0.0746. The smallest absolute Gasteiger partial charge is 0.0674 e. The molecule has 0 radical (unpaired) electrons. The highest BCUT2D eigenvalue weighted by Crippen LogP contribution is 2.28. The van der Waals surface area contributed by atoms with E-state index in [9.17, 15) is 0 Å². The van der Waals surface area contributed by atoms with Crippen LogP contribution in [-0.4, -0.2) is 49.3 Å². The SMILES string of the molecule is CCC1COC(C)CN1C1CCCC1NC. The molecule has 1 saturated heterocycles. The zero-order valence-electron chi connectivity index (χ0n) is 10.9. The third-order valence-electron chi connectivity index (χ3n) is 4.26. The van der Waals surface area contributed by atoms with Crippen molar-refractivity contribution in [1.82, 2.24) is 10.2 Å². The Morgan fingerprint density at radius 3 is 2.88 bits per heavy atom. The minimum Gasteiger partial charge on any atom is -0.376 e.